The molecule has 0 saturated carbocycles. The average molecular weight is 420 g/mol. The van der Waals surface area contributed by atoms with E-state index in [0.717, 1.165) is 24.3 Å². The minimum Gasteiger partial charge on any atom is -0.495 e. The zero-order chi connectivity index (χ0) is 20.9. The number of hydrogen-bond donors (Lipinski definition) is 1. The molecule has 2 aromatic carbocycles. The van der Waals surface area contributed by atoms with Crippen molar-refractivity contribution in [3.63, 3.8) is 0 Å². The van der Waals surface area contributed by atoms with Crippen LogP contribution in [0.5, 0.6) is 5.75 Å². The van der Waals surface area contributed by atoms with Crippen LogP contribution in [0.4, 0.5) is 23.2 Å². The summed E-state index contributed by atoms with van der Waals surface area (Å²) in [6.45, 7) is -2.54. The van der Waals surface area contributed by atoms with E-state index in [-0.39, 0.29) is 16.3 Å². The highest BCUT2D eigenvalue weighted by atomic mass is 32.2. The van der Waals surface area contributed by atoms with Crippen LogP contribution in [0.2, 0.25) is 0 Å². The van der Waals surface area contributed by atoms with Crippen LogP contribution in [0.25, 0.3) is 0 Å². The van der Waals surface area contributed by atoms with Crippen LogP contribution in [-0.4, -0.2) is 40.7 Å². The number of carbonyl (C=O) groups is 1. The third kappa shape index (κ3) is 5.35. The first-order chi connectivity index (χ1) is 13.0. The first kappa shape index (κ1) is 21.5. The molecule has 0 heterocycles. The van der Waals surface area contributed by atoms with Crippen LogP contribution in [0, 0.1) is 5.82 Å². The van der Waals surface area contributed by atoms with Gasteiger partial charge in [-0.05, 0) is 36.4 Å². The van der Waals surface area contributed by atoms with E-state index >= 15 is 0 Å². The molecule has 2 rings (SSSR count). The number of nitrogens with one attached hydrogen (secondary N) is 1. The number of anilines is 1. The number of hydrogen-bond acceptors (Lipinski definition) is 4. The third-order valence-electron chi connectivity index (χ3n) is 3.53. The Kier molecular flexibility index (Phi) is 6.49. The highest BCUT2D eigenvalue weighted by Crippen LogP contribution is 2.32. The molecule has 1 amide bonds. The molecule has 0 saturated heterocycles. The Morgan fingerprint density at radius 1 is 1.11 bits per heavy atom. The zero-order valence-electron chi connectivity index (χ0n) is 14.5. The van der Waals surface area contributed by atoms with Crippen LogP contribution in [0.3, 0.4) is 0 Å². The van der Waals surface area contributed by atoms with Crippen molar-refractivity contribution < 1.29 is 35.5 Å². The lowest BCUT2D eigenvalue weighted by Crippen LogP contribution is -2.43. The predicted molar refractivity (Wildman–Crippen MR) is 93.0 cm³/mol. The van der Waals surface area contributed by atoms with Crippen LogP contribution >= 0.6 is 0 Å². The van der Waals surface area contributed by atoms with E-state index < -0.39 is 41.0 Å². The highest BCUT2D eigenvalue weighted by Gasteiger charge is 2.32. The minimum absolute atomic E-state index is 0.0588. The van der Waals surface area contributed by atoms with Gasteiger partial charge in [-0.1, -0.05) is 12.1 Å². The van der Waals surface area contributed by atoms with Crippen molar-refractivity contribution in [1.29, 1.82) is 0 Å². The van der Waals surface area contributed by atoms with Crippen molar-refractivity contribution in [1.82, 2.24) is 5.32 Å². The number of halogens is 4. The quantitative estimate of drug-likeness (QED) is 0.699. The summed E-state index contributed by atoms with van der Waals surface area (Å²) in [5.41, 5.74) is -0.0588. The Morgan fingerprint density at radius 3 is 2.29 bits per heavy atom. The summed E-state index contributed by atoms with van der Waals surface area (Å²) >= 11 is 0. The van der Waals surface area contributed by atoms with Gasteiger partial charge in [-0.15, -0.1) is 0 Å². The van der Waals surface area contributed by atoms with E-state index in [0.29, 0.717) is 4.31 Å². The number of carbonyl (C=O) groups excluding carboxylic acids is 1. The number of benzene rings is 2. The van der Waals surface area contributed by atoms with Gasteiger partial charge in [0.05, 0.1) is 17.7 Å². The second kappa shape index (κ2) is 8.46. The van der Waals surface area contributed by atoms with Gasteiger partial charge in [0.15, 0.2) is 0 Å². The second-order valence-electron chi connectivity index (χ2n) is 5.53. The Balaban J connectivity index is 2.44. The monoisotopic (exact) mass is 420 g/mol. The number of rotatable bonds is 7. The van der Waals surface area contributed by atoms with Gasteiger partial charge in [0.1, 0.15) is 24.7 Å². The summed E-state index contributed by atoms with van der Waals surface area (Å²) in [7, 11) is -3.14. The fourth-order valence-electron chi connectivity index (χ4n) is 2.25. The van der Waals surface area contributed by atoms with Crippen molar-refractivity contribution in [3.8, 4) is 5.75 Å². The molecular weight excluding hydrogens is 404 g/mol. The van der Waals surface area contributed by atoms with E-state index in [1.165, 1.54) is 25.3 Å². The Morgan fingerprint density at radius 2 is 1.71 bits per heavy atom. The Labute approximate surface area is 158 Å². The Bertz CT molecular complexity index is 931. The summed E-state index contributed by atoms with van der Waals surface area (Å²) in [5.74, 6) is -1.77. The topological polar surface area (TPSA) is 75.7 Å². The molecule has 0 aliphatic rings. The van der Waals surface area contributed by atoms with Crippen LogP contribution < -0.4 is 14.4 Å². The molecule has 0 atom stereocenters. The van der Waals surface area contributed by atoms with Gasteiger partial charge in [0.25, 0.3) is 10.0 Å². The standard InChI is InChI=1S/C17H16F4N2O4S/c1-27-15-5-3-2-4-14(15)23(10-16(24)22-11-17(19,20)21)28(25,26)13-8-6-12(18)7-9-13/h2-9H,10-11H2,1H3,(H,22,24). The van der Waals surface area contributed by atoms with E-state index in [1.54, 1.807) is 11.4 Å². The average Bonchev–Trinajstić information content (AvgIpc) is 2.64. The lowest BCUT2D eigenvalue weighted by molar-refractivity contribution is -0.137. The normalized spacial score (nSPS) is 11.8. The third-order valence-corrected chi connectivity index (χ3v) is 5.30. The molecule has 11 heteroatoms. The molecule has 0 unspecified atom stereocenters. The molecule has 0 spiro atoms. The molecule has 1 N–H and O–H groups in total. The molecule has 0 aliphatic heterocycles. The maximum absolute atomic E-state index is 13.1. The molecule has 0 fully saturated rings. The summed E-state index contributed by atoms with van der Waals surface area (Å²) in [4.78, 5) is 11.6. The van der Waals surface area contributed by atoms with E-state index in [9.17, 15) is 30.8 Å². The van der Waals surface area contributed by atoms with Crippen molar-refractivity contribution in [2.75, 3.05) is 24.5 Å². The fourth-order valence-corrected chi connectivity index (χ4v) is 3.69. The first-order valence-corrected chi connectivity index (χ1v) is 9.23. The molecule has 0 aliphatic carbocycles. The number of sulfonamides is 1. The van der Waals surface area contributed by atoms with Gasteiger partial charge in [0, 0.05) is 0 Å². The molecule has 0 radical (unpaired) electrons. The van der Waals surface area contributed by atoms with E-state index in [4.69, 9.17) is 4.74 Å². The minimum atomic E-state index is -4.65. The molecule has 2 aromatic rings. The van der Waals surface area contributed by atoms with Crippen LogP contribution in [-0.2, 0) is 14.8 Å². The number of methoxy groups -OCH3 is 1. The van der Waals surface area contributed by atoms with Crippen molar-refractivity contribution in [2.45, 2.75) is 11.1 Å². The number of ether oxygens (including phenoxy) is 1. The number of amides is 1. The summed E-state index contributed by atoms with van der Waals surface area (Å²) < 4.78 is 81.8. The number of nitrogens with zero attached hydrogens (tertiary/aromatic N) is 1. The van der Waals surface area contributed by atoms with Gasteiger partial charge in [0.2, 0.25) is 5.91 Å². The number of alkyl halides is 3. The van der Waals surface area contributed by atoms with Crippen molar-refractivity contribution in [3.05, 3.63) is 54.3 Å². The fraction of sp³-hybridized carbons (Fsp3) is 0.235. The van der Waals surface area contributed by atoms with Crippen LogP contribution in [0.15, 0.2) is 53.4 Å². The molecule has 28 heavy (non-hydrogen) atoms. The first-order valence-electron chi connectivity index (χ1n) is 7.79. The molecular formula is C17H16F4N2O4S. The SMILES string of the molecule is COc1ccccc1N(CC(=O)NCC(F)(F)F)S(=O)(=O)c1ccc(F)cc1. The van der Waals surface area contributed by atoms with Gasteiger partial charge >= 0.3 is 6.18 Å². The Hall–Kier alpha value is -2.82. The zero-order valence-corrected chi connectivity index (χ0v) is 15.3. The van der Waals surface area contributed by atoms with E-state index in [1.807, 2.05) is 0 Å². The van der Waals surface area contributed by atoms with Crippen molar-refractivity contribution in [2.24, 2.45) is 0 Å². The van der Waals surface area contributed by atoms with Crippen molar-refractivity contribution >= 4 is 21.6 Å². The van der Waals surface area contributed by atoms with E-state index in [2.05, 4.69) is 0 Å². The van der Waals surface area contributed by atoms with Gasteiger partial charge < -0.3 is 10.1 Å². The lowest BCUT2D eigenvalue weighted by atomic mass is 10.3. The maximum Gasteiger partial charge on any atom is 0.405 e. The van der Waals surface area contributed by atoms with Crippen LogP contribution in [0.1, 0.15) is 0 Å². The molecule has 0 bridgehead atoms. The summed E-state index contributed by atoms with van der Waals surface area (Å²) in [6, 6.07) is 9.58. The molecule has 0 aromatic heterocycles. The summed E-state index contributed by atoms with van der Waals surface area (Å²) in [5, 5.41) is 1.62. The largest absolute Gasteiger partial charge is 0.495 e. The maximum atomic E-state index is 13.1. The second-order valence-corrected chi connectivity index (χ2v) is 7.39. The van der Waals surface area contributed by atoms with Gasteiger partial charge in [-0.3, -0.25) is 9.10 Å². The molecule has 6 nitrogen and oxygen atoms in total. The number of para-hydroxylation sites is 2. The van der Waals surface area contributed by atoms with Gasteiger partial charge in [-0.2, -0.15) is 13.2 Å². The molecule has 152 valence electrons. The van der Waals surface area contributed by atoms with Gasteiger partial charge in [-0.25, -0.2) is 12.8 Å². The highest BCUT2D eigenvalue weighted by molar-refractivity contribution is 7.92. The summed E-state index contributed by atoms with van der Waals surface area (Å²) in [6.07, 6.45) is -4.65. The smallest absolute Gasteiger partial charge is 0.405 e. The lowest BCUT2D eigenvalue weighted by Gasteiger charge is -2.25. The predicted octanol–water partition coefficient (Wildman–Crippen LogP) is 2.71.